The number of esters is 1. The van der Waals surface area contributed by atoms with Crippen LogP contribution < -0.4 is 5.32 Å². The fourth-order valence-electron chi connectivity index (χ4n) is 1.73. The van der Waals surface area contributed by atoms with Crippen LogP contribution in [-0.4, -0.2) is 19.1 Å². The average molecular weight is 314 g/mol. The maximum Gasteiger partial charge on any atom is 0.330 e. The number of ether oxygens (including phenoxy) is 1. The SMILES string of the molecule is CCCNC(C)(C(=O)OCC)c1ccc(Br)cc1. The Labute approximate surface area is 117 Å². The number of nitrogens with one attached hydrogen (secondary N) is 1. The van der Waals surface area contributed by atoms with Crippen LogP contribution in [0, 0.1) is 0 Å². The Morgan fingerprint density at radius 3 is 2.44 bits per heavy atom. The summed E-state index contributed by atoms with van der Waals surface area (Å²) in [5.41, 5.74) is 0.129. The second-order valence-electron chi connectivity index (χ2n) is 4.28. The molecule has 1 aromatic rings. The lowest BCUT2D eigenvalue weighted by atomic mass is 9.92. The van der Waals surface area contributed by atoms with Gasteiger partial charge in [-0.2, -0.15) is 0 Å². The van der Waals surface area contributed by atoms with Gasteiger partial charge in [-0.1, -0.05) is 35.0 Å². The first-order chi connectivity index (χ1) is 8.54. The minimum absolute atomic E-state index is 0.235. The number of carbonyl (C=O) groups is 1. The van der Waals surface area contributed by atoms with Crippen molar-refractivity contribution in [1.29, 1.82) is 0 Å². The van der Waals surface area contributed by atoms with Crippen LogP contribution in [-0.2, 0) is 15.1 Å². The third-order valence-corrected chi connectivity index (χ3v) is 3.36. The van der Waals surface area contributed by atoms with Crippen molar-refractivity contribution in [3.8, 4) is 0 Å². The summed E-state index contributed by atoms with van der Waals surface area (Å²) < 4.78 is 6.17. The van der Waals surface area contributed by atoms with Gasteiger partial charge in [0.05, 0.1) is 6.61 Å². The van der Waals surface area contributed by atoms with E-state index >= 15 is 0 Å². The zero-order valence-corrected chi connectivity index (χ0v) is 12.7. The predicted octanol–water partition coefficient (Wildman–Crippen LogP) is 3.23. The summed E-state index contributed by atoms with van der Waals surface area (Å²) in [6.07, 6.45) is 0.964. The van der Waals surface area contributed by atoms with E-state index in [1.54, 1.807) is 0 Å². The standard InChI is InChI=1S/C14H20BrNO2/c1-4-10-16-14(3,13(17)18-5-2)11-6-8-12(15)9-7-11/h6-9,16H,4-5,10H2,1-3H3. The van der Waals surface area contributed by atoms with Crippen molar-refractivity contribution >= 4 is 21.9 Å². The molecular formula is C14H20BrNO2. The molecule has 0 saturated carbocycles. The fourth-order valence-corrected chi connectivity index (χ4v) is 1.99. The lowest BCUT2D eigenvalue weighted by molar-refractivity contribution is -0.151. The number of hydrogen-bond acceptors (Lipinski definition) is 3. The molecule has 1 N–H and O–H groups in total. The zero-order valence-electron chi connectivity index (χ0n) is 11.1. The number of hydrogen-bond donors (Lipinski definition) is 1. The molecule has 1 rings (SSSR count). The van der Waals surface area contributed by atoms with Gasteiger partial charge in [-0.15, -0.1) is 0 Å². The molecule has 0 amide bonds. The molecular weight excluding hydrogens is 294 g/mol. The first-order valence-corrected chi connectivity index (χ1v) is 7.02. The Morgan fingerprint density at radius 1 is 1.33 bits per heavy atom. The lowest BCUT2D eigenvalue weighted by Crippen LogP contribution is -2.48. The number of rotatable bonds is 6. The van der Waals surface area contributed by atoms with E-state index in [0.29, 0.717) is 6.61 Å². The second kappa shape index (κ2) is 6.90. The van der Waals surface area contributed by atoms with Gasteiger partial charge < -0.3 is 4.74 Å². The van der Waals surface area contributed by atoms with Gasteiger partial charge in [-0.05, 0) is 44.5 Å². The minimum atomic E-state index is -0.785. The predicted molar refractivity (Wildman–Crippen MR) is 76.4 cm³/mol. The molecule has 4 heteroatoms. The Kier molecular flexibility index (Phi) is 5.82. The Bertz CT molecular complexity index is 391. The van der Waals surface area contributed by atoms with E-state index in [2.05, 4.69) is 28.2 Å². The van der Waals surface area contributed by atoms with Gasteiger partial charge in [0, 0.05) is 4.47 Å². The molecule has 1 aromatic carbocycles. The highest BCUT2D eigenvalue weighted by Gasteiger charge is 2.35. The highest BCUT2D eigenvalue weighted by molar-refractivity contribution is 9.10. The van der Waals surface area contributed by atoms with Crippen LogP contribution in [0.3, 0.4) is 0 Å². The summed E-state index contributed by atoms with van der Waals surface area (Å²) in [7, 11) is 0. The average Bonchev–Trinajstić information content (AvgIpc) is 2.37. The molecule has 0 aliphatic carbocycles. The second-order valence-corrected chi connectivity index (χ2v) is 5.19. The quantitative estimate of drug-likeness (QED) is 0.819. The summed E-state index contributed by atoms with van der Waals surface area (Å²) in [4.78, 5) is 12.2. The first-order valence-electron chi connectivity index (χ1n) is 6.23. The van der Waals surface area contributed by atoms with Crippen LogP contribution in [0.25, 0.3) is 0 Å². The Hall–Kier alpha value is -0.870. The number of benzene rings is 1. The van der Waals surface area contributed by atoms with Crippen molar-refractivity contribution in [3.63, 3.8) is 0 Å². The van der Waals surface area contributed by atoms with Crippen LogP contribution in [0.2, 0.25) is 0 Å². The van der Waals surface area contributed by atoms with Crippen molar-refractivity contribution in [3.05, 3.63) is 34.3 Å². The Balaban J connectivity index is 3.02. The number of carbonyl (C=O) groups excluding carboxylic acids is 1. The maximum absolute atomic E-state index is 12.2. The van der Waals surface area contributed by atoms with Crippen LogP contribution in [0.15, 0.2) is 28.7 Å². The van der Waals surface area contributed by atoms with Crippen molar-refractivity contribution < 1.29 is 9.53 Å². The summed E-state index contributed by atoms with van der Waals surface area (Å²) in [5.74, 6) is -0.235. The van der Waals surface area contributed by atoms with Crippen molar-refractivity contribution in [2.24, 2.45) is 0 Å². The molecule has 1 unspecified atom stereocenters. The minimum Gasteiger partial charge on any atom is -0.464 e. The molecule has 0 radical (unpaired) electrons. The molecule has 0 spiro atoms. The summed E-state index contributed by atoms with van der Waals surface area (Å²) in [5, 5.41) is 3.28. The van der Waals surface area contributed by atoms with E-state index in [-0.39, 0.29) is 5.97 Å². The molecule has 100 valence electrons. The largest absolute Gasteiger partial charge is 0.464 e. The third kappa shape index (κ3) is 3.56. The van der Waals surface area contributed by atoms with E-state index < -0.39 is 5.54 Å². The van der Waals surface area contributed by atoms with E-state index in [1.165, 1.54) is 0 Å². The third-order valence-electron chi connectivity index (χ3n) is 2.83. The van der Waals surface area contributed by atoms with Crippen molar-refractivity contribution in [2.75, 3.05) is 13.2 Å². The normalized spacial score (nSPS) is 14.0. The summed E-state index contributed by atoms with van der Waals surface area (Å²) >= 11 is 3.40. The monoisotopic (exact) mass is 313 g/mol. The fraction of sp³-hybridized carbons (Fsp3) is 0.500. The molecule has 0 bridgehead atoms. The molecule has 0 aliphatic heterocycles. The van der Waals surface area contributed by atoms with Crippen LogP contribution in [0.4, 0.5) is 0 Å². The van der Waals surface area contributed by atoms with Crippen LogP contribution in [0.1, 0.15) is 32.8 Å². The topological polar surface area (TPSA) is 38.3 Å². The van der Waals surface area contributed by atoms with E-state index in [0.717, 1.165) is 23.0 Å². The van der Waals surface area contributed by atoms with Crippen molar-refractivity contribution in [1.82, 2.24) is 5.32 Å². The maximum atomic E-state index is 12.2. The van der Waals surface area contributed by atoms with Gasteiger partial charge in [-0.3, -0.25) is 5.32 Å². The Morgan fingerprint density at radius 2 is 1.94 bits per heavy atom. The van der Waals surface area contributed by atoms with Gasteiger partial charge >= 0.3 is 5.97 Å². The summed E-state index contributed by atoms with van der Waals surface area (Å²) in [6, 6.07) is 7.73. The molecule has 1 atom stereocenters. The van der Waals surface area contributed by atoms with Gasteiger partial charge in [-0.25, -0.2) is 4.79 Å². The first kappa shape index (κ1) is 15.2. The molecule has 0 saturated heterocycles. The van der Waals surface area contributed by atoms with Gasteiger partial charge in [0.15, 0.2) is 0 Å². The van der Waals surface area contributed by atoms with E-state index in [4.69, 9.17) is 4.74 Å². The highest BCUT2D eigenvalue weighted by atomic mass is 79.9. The number of halogens is 1. The van der Waals surface area contributed by atoms with E-state index in [1.807, 2.05) is 38.1 Å². The van der Waals surface area contributed by atoms with Gasteiger partial charge in [0.25, 0.3) is 0 Å². The van der Waals surface area contributed by atoms with Crippen LogP contribution in [0.5, 0.6) is 0 Å². The molecule has 0 aromatic heterocycles. The smallest absolute Gasteiger partial charge is 0.330 e. The molecule has 3 nitrogen and oxygen atoms in total. The molecule has 0 fully saturated rings. The van der Waals surface area contributed by atoms with Gasteiger partial charge in [0.2, 0.25) is 0 Å². The highest BCUT2D eigenvalue weighted by Crippen LogP contribution is 2.24. The van der Waals surface area contributed by atoms with Crippen LogP contribution >= 0.6 is 15.9 Å². The summed E-state index contributed by atoms with van der Waals surface area (Å²) in [6.45, 7) is 6.91. The molecule has 18 heavy (non-hydrogen) atoms. The van der Waals surface area contributed by atoms with Crippen molar-refractivity contribution in [2.45, 2.75) is 32.7 Å². The van der Waals surface area contributed by atoms with E-state index in [9.17, 15) is 4.79 Å². The zero-order chi connectivity index (χ0) is 13.6. The lowest BCUT2D eigenvalue weighted by Gasteiger charge is -2.29. The molecule has 0 heterocycles. The van der Waals surface area contributed by atoms with Gasteiger partial charge in [0.1, 0.15) is 5.54 Å². The molecule has 0 aliphatic rings.